The third kappa shape index (κ3) is 3.81. The van der Waals surface area contributed by atoms with Crippen molar-refractivity contribution in [2.45, 2.75) is 25.8 Å². The molecule has 1 N–H and O–H groups in total. The van der Waals surface area contributed by atoms with Crippen molar-refractivity contribution >= 4 is 11.6 Å². The molecule has 0 heterocycles. The molecular weight excluding hydrogens is 273 g/mol. The normalized spacial score (nSPS) is 12.4. The average Bonchev–Trinajstić information content (AvgIpc) is 2.41. The van der Waals surface area contributed by atoms with Crippen LogP contribution in [0.3, 0.4) is 0 Å². The molecule has 0 aliphatic carbocycles. The lowest BCUT2D eigenvalue weighted by Crippen LogP contribution is -2.18. The van der Waals surface area contributed by atoms with Crippen LogP contribution in [0.15, 0.2) is 42.5 Å². The van der Waals surface area contributed by atoms with Gasteiger partial charge in [-0.05, 0) is 44.5 Å². The highest BCUT2D eigenvalue weighted by molar-refractivity contribution is 6.30. The smallest absolute Gasteiger partial charge is 0.129 e. The van der Waals surface area contributed by atoms with E-state index < -0.39 is 0 Å². The van der Waals surface area contributed by atoms with Gasteiger partial charge in [0.05, 0.1) is 0 Å². The summed E-state index contributed by atoms with van der Waals surface area (Å²) in [5, 5.41) is 3.61. The van der Waals surface area contributed by atoms with Crippen LogP contribution in [0.5, 0.6) is 0 Å². The molecule has 0 radical (unpaired) electrons. The topological polar surface area (TPSA) is 12.0 Å². The third-order valence-corrected chi connectivity index (χ3v) is 3.73. The lowest BCUT2D eigenvalue weighted by molar-refractivity contribution is 0.509. The first-order valence-corrected chi connectivity index (χ1v) is 7.15. The van der Waals surface area contributed by atoms with Gasteiger partial charge in [-0.15, -0.1) is 0 Å². The van der Waals surface area contributed by atoms with E-state index >= 15 is 0 Å². The van der Waals surface area contributed by atoms with E-state index in [0.29, 0.717) is 10.6 Å². The number of benzene rings is 2. The SMILES string of the molecule is CNC(CCc1cccc(C)c1)c1ccc(Cl)cc1F. The Hall–Kier alpha value is -1.38. The fraction of sp³-hybridized carbons (Fsp3) is 0.294. The van der Waals surface area contributed by atoms with Crippen LogP contribution in [0, 0.1) is 12.7 Å². The predicted octanol–water partition coefficient (Wildman–Crippen LogP) is 4.68. The summed E-state index contributed by atoms with van der Waals surface area (Å²) in [4.78, 5) is 0. The molecular formula is C17H19ClFN. The first kappa shape index (κ1) is 15.0. The Bertz CT molecular complexity index is 583. The van der Waals surface area contributed by atoms with Gasteiger partial charge in [0, 0.05) is 16.6 Å². The maximum atomic E-state index is 14.0. The highest BCUT2D eigenvalue weighted by atomic mass is 35.5. The molecule has 2 aromatic carbocycles. The number of rotatable bonds is 5. The zero-order chi connectivity index (χ0) is 14.5. The molecule has 0 bridgehead atoms. The van der Waals surface area contributed by atoms with Gasteiger partial charge in [0.2, 0.25) is 0 Å². The Balaban J connectivity index is 2.09. The zero-order valence-corrected chi connectivity index (χ0v) is 12.5. The second-order valence-corrected chi connectivity index (χ2v) is 5.47. The molecule has 1 unspecified atom stereocenters. The van der Waals surface area contributed by atoms with Gasteiger partial charge in [0.25, 0.3) is 0 Å². The zero-order valence-electron chi connectivity index (χ0n) is 11.8. The average molecular weight is 292 g/mol. The Kier molecular flexibility index (Phi) is 5.16. The summed E-state index contributed by atoms with van der Waals surface area (Å²) in [6.45, 7) is 2.08. The van der Waals surface area contributed by atoms with E-state index in [1.807, 2.05) is 7.05 Å². The lowest BCUT2D eigenvalue weighted by atomic mass is 9.98. The minimum Gasteiger partial charge on any atom is -0.313 e. The second kappa shape index (κ2) is 6.87. The van der Waals surface area contributed by atoms with Crippen LogP contribution in [0.1, 0.15) is 29.2 Å². The van der Waals surface area contributed by atoms with Gasteiger partial charge < -0.3 is 5.32 Å². The predicted molar refractivity (Wildman–Crippen MR) is 82.7 cm³/mol. The van der Waals surface area contributed by atoms with Crippen LogP contribution in [-0.2, 0) is 6.42 Å². The van der Waals surface area contributed by atoms with Crippen molar-refractivity contribution in [3.8, 4) is 0 Å². The summed E-state index contributed by atoms with van der Waals surface area (Å²) in [5.74, 6) is -0.249. The molecule has 0 spiro atoms. The van der Waals surface area contributed by atoms with E-state index in [1.54, 1.807) is 12.1 Å². The van der Waals surface area contributed by atoms with Crippen LogP contribution in [0.4, 0.5) is 4.39 Å². The highest BCUT2D eigenvalue weighted by Gasteiger charge is 2.14. The van der Waals surface area contributed by atoms with Crippen molar-refractivity contribution < 1.29 is 4.39 Å². The van der Waals surface area contributed by atoms with Gasteiger partial charge in [0.1, 0.15) is 5.82 Å². The fourth-order valence-electron chi connectivity index (χ4n) is 2.42. The summed E-state index contributed by atoms with van der Waals surface area (Å²) in [5.41, 5.74) is 3.20. The van der Waals surface area contributed by atoms with E-state index in [-0.39, 0.29) is 11.9 Å². The molecule has 106 valence electrons. The Morgan fingerprint density at radius 1 is 1.20 bits per heavy atom. The van der Waals surface area contributed by atoms with Crippen LogP contribution in [-0.4, -0.2) is 7.05 Å². The van der Waals surface area contributed by atoms with Crippen molar-refractivity contribution in [2.24, 2.45) is 0 Å². The fourth-order valence-corrected chi connectivity index (χ4v) is 2.58. The number of hydrogen-bond donors (Lipinski definition) is 1. The van der Waals surface area contributed by atoms with E-state index in [2.05, 4.69) is 36.5 Å². The van der Waals surface area contributed by atoms with Gasteiger partial charge in [-0.1, -0.05) is 47.5 Å². The van der Waals surface area contributed by atoms with Gasteiger partial charge in [0.15, 0.2) is 0 Å². The van der Waals surface area contributed by atoms with Gasteiger partial charge in [-0.2, -0.15) is 0 Å². The molecule has 0 fully saturated rings. The summed E-state index contributed by atoms with van der Waals surface area (Å²) in [6, 6.07) is 13.3. The van der Waals surface area contributed by atoms with Gasteiger partial charge in [-0.25, -0.2) is 4.39 Å². The van der Waals surface area contributed by atoms with E-state index in [1.165, 1.54) is 17.2 Å². The monoisotopic (exact) mass is 291 g/mol. The molecule has 0 amide bonds. The molecule has 0 saturated carbocycles. The van der Waals surface area contributed by atoms with E-state index in [4.69, 9.17) is 11.6 Å². The quantitative estimate of drug-likeness (QED) is 0.843. The molecule has 1 atom stereocenters. The number of hydrogen-bond acceptors (Lipinski definition) is 1. The molecule has 0 saturated heterocycles. The van der Waals surface area contributed by atoms with Gasteiger partial charge in [-0.3, -0.25) is 0 Å². The Morgan fingerprint density at radius 3 is 2.65 bits per heavy atom. The Morgan fingerprint density at radius 2 is 2.00 bits per heavy atom. The van der Waals surface area contributed by atoms with E-state index in [0.717, 1.165) is 12.8 Å². The summed E-state index contributed by atoms with van der Waals surface area (Å²) in [6.07, 6.45) is 1.76. The molecule has 20 heavy (non-hydrogen) atoms. The third-order valence-electron chi connectivity index (χ3n) is 3.49. The van der Waals surface area contributed by atoms with Crippen LogP contribution < -0.4 is 5.32 Å². The van der Waals surface area contributed by atoms with Crippen LogP contribution >= 0.6 is 11.6 Å². The summed E-state index contributed by atoms with van der Waals surface area (Å²) in [7, 11) is 1.86. The Labute approximate surface area is 124 Å². The molecule has 1 nitrogen and oxygen atoms in total. The molecule has 2 aromatic rings. The molecule has 3 heteroatoms. The van der Waals surface area contributed by atoms with Crippen molar-refractivity contribution in [3.63, 3.8) is 0 Å². The second-order valence-electron chi connectivity index (χ2n) is 5.03. The van der Waals surface area contributed by atoms with Crippen molar-refractivity contribution in [1.29, 1.82) is 0 Å². The summed E-state index contributed by atoms with van der Waals surface area (Å²) < 4.78 is 14.0. The van der Waals surface area contributed by atoms with Crippen LogP contribution in [0.2, 0.25) is 5.02 Å². The van der Waals surface area contributed by atoms with Crippen LogP contribution in [0.25, 0.3) is 0 Å². The largest absolute Gasteiger partial charge is 0.313 e. The van der Waals surface area contributed by atoms with Crippen molar-refractivity contribution in [3.05, 3.63) is 70.0 Å². The highest BCUT2D eigenvalue weighted by Crippen LogP contribution is 2.24. The maximum absolute atomic E-state index is 14.0. The minimum atomic E-state index is -0.249. The van der Waals surface area contributed by atoms with Crippen molar-refractivity contribution in [1.82, 2.24) is 5.32 Å². The van der Waals surface area contributed by atoms with Gasteiger partial charge >= 0.3 is 0 Å². The number of aryl methyl sites for hydroxylation is 2. The number of nitrogens with one attached hydrogen (secondary N) is 1. The minimum absolute atomic E-state index is 0.00669. The molecule has 0 aromatic heterocycles. The first-order chi connectivity index (χ1) is 9.60. The lowest BCUT2D eigenvalue weighted by Gasteiger charge is -2.17. The van der Waals surface area contributed by atoms with E-state index in [9.17, 15) is 4.39 Å². The molecule has 0 aliphatic rings. The molecule has 0 aliphatic heterocycles. The standard InChI is InChI=1S/C17H19ClFN/c1-12-4-3-5-13(10-12)6-9-17(20-2)15-8-7-14(18)11-16(15)19/h3-5,7-8,10-11,17,20H,6,9H2,1-2H3. The number of halogens is 2. The summed E-state index contributed by atoms with van der Waals surface area (Å²) >= 11 is 5.79. The first-order valence-electron chi connectivity index (χ1n) is 6.78. The maximum Gasteiger partial charge on any atom is 0.129 e. The molecule has 2 rings (SSSR count). The van der Waals surface area contributed by atoms with Crippen molar-refractivity contribution in [2.75, 3.05) is 7.05 Å².